The summed E-state index contributed by atoms with van der Waals surface area (Å²) in [6, 6.07) is 19.0. The number of nitrogens with zero attached hydrogens (tertiary/aromatic N) is 1. The molecule has 0 radical (unpaired) electrons. The maximum absolute atomic E-state index is 12.2. The van der Waals surface area contributed by atoms with Gasteiger partial charge in [0.1, 0.15) is 17.6 Å². The lowest BCUT2D eigenvalue weighted by atomic mass is 9.86. The normalized spacial score (nSPS) is 14.1. The molecule has 0 unspecified atom stereocenters. The predicted molar refractivity (Wildman–Crippen MR) is 108 cm³/mol. The van der Waals surface area contributed by atoms with E-state index < -0.39 is 12.1 Å². The Kier molecular flexibility index (Phi) is 6.32. The Balaban J connectivity index is 2.00. The highest BCUT2D eigenvalue weighted by atomic mass is 16.6. The van der Waals surface area contributed by atoms with Gasteiger partial charge in [0.15, 0.2) is 0 Å². The molecule has 6 heteroatoms. The summed E-state index contributed by atoms with van der Waals surface area (Å²) in [6.07, 6.45) is 2.15. The van der Waals surface area contributed by atoms with Crippen LogP contribution in [0.3, 0.4) is 0 Å². The molecule has 146 valence electrons. The van der Waals surface area contributed by atoms with Gasteiger partial charge >= 0.3 is 0 Å². The molecule has 28 heavy (non-hydrogen) atoms. The molecule has 2 aromatic carbocycles. The Morgan fingerprint density at radius 3 is 2.32 bits per heavy atom. The zero-order valence-electron chi connectivity index (χ0n) is 15.9. The average Bonchev–Trinajstić information content (AvgIpc) is 3.26. The van der Waals surface area contributed by atoms with Gasteiger partial charge in [-0.15, -0.1) is 0 Å². The average molecular weight is 380 g/mol. The lowest BCUT2D eigenvalue weighted by Gasteiger charge is -2.28. The van der Waals surface area contributed by atoms with Crippen molar-refractivity contribution in [2.45, 2.75) is 31.3 Å². The van der Waals surface area contributed by atoms with Crippen molar-refractivity contribution < 1.29 is 14.1 Å². The number of benzene rings is 2. The fourth-order valence-electron chi connectivity index (χ4n) is 3.51. The Hall–Kier alpha value is -3.28. The minimum Gasteiger partial charge on any atom is -0.497 e. The molecule has 0 spiro atoms. The van der Waals surface area contributed by atoms with E-state index in [9.17, 15) is 10.1 Å². The summed E-state index contributed by atoms with van der Waals surface area (Å²) >= 11 is 0. The number of nitro groups is 1. The van der Waals surface area contributed by atoms with E-state index in [2.05, 4.69) is 5.32 Å². The van der Waals surface area contributed by atoms with Gasteiger partial charge in [0.2, 0.25) is 6.04 Å². The number of anilines is 1. The number of furan rings is 1. The SMILES string of the molecule is CC[C@@H](c1ccco1)[C@H]([C@H](Nc1ccc(OC)cc1)c1ccccc1)[N+](=O)[O-]. The van der Waals surface area contributed by atoms with Crippen molar-refractivity contribution >= 4 is 5.69 Å². The van der Waals surface area contributed by atoms with Crippen LogP contribution < -0.4 is 10.1 Å². The standard InChI is InChI=1S/C22H24N2O4/c1-3-19(20-10-7-15-28-20)22(24(25)26)21(16-8-5-4-6-9-16)23-17-11-13-18(27-2)14-12-17/h4-15,19,21-23H,3H2,1-2H3/t19-,21+,22+/m0/s1. The van der Waals surface area contributed by atoms with Gasteiger partial charge in [-0.3, -0.25) is 10.1 Å². The minimum absolute atomic E-state index is 0.203. The van der Waals surface area contributed by atoms with Gasteiger partial charge in [0, 0.05) is 10.6 Å². The first-order valence-electron chi connectivity index (χ1n) is 9.26. The molecule has 0 aliphatic rings. The predicted octanol–water partition coefficient (Wildman–Crippen LogP) is 5.28. The highest BCUT2D eigenvalue weighted by molar-refractivity contribution is 5.49. The minimum atomic E-state index is -0.902. The smallest absolute Gasteiger partial charge is 0.246 e. The summed E-state index contributed by atoms with van der Waals surface area (Å²) in [7, 11) is 1.60. The molecule has 0 aliphatic heterocycles. The Labute approximate surface area is 164 Å². The molecule has 1 heterocycles. The van der Waals surface area contributed by atoms with Gasteiger partial charge in [-0.1, -0.05) is 37.3 Å². The molecule has 0 bridgehead atoms. The molecule has 0 aliphatic carbocycles. The fraction of sp³-hybridized carbons (Fsp3) is 0.273. The maximum atomic E-state index is 12.2. The van der Waals surface area contributed by atoms with Gasteiger partial charge in [-0.2, -0.15) is 0 Å². The monoisotopic (exact) mass is 380 g/mol. The molecule has 3 rings (SSSR count). The zero-order valence-corrected chi connectivity index (χ0v) is 15.9. The molecular formula is C22H24N2O4. The topological polar surface area (TPSA) is 77.5 Å². The molecular weight excluding hydrogens is 356 g/mol. The lowest BCUT2D eigenvalue weighted by Crippen LogP contribution is -2.37. The summed E-state index contributed by atoms with van der Waals surface area (Å²) in [6.45, 7) is 1.94. The van der Waals surface area contributed by atoms with Crippen LogP contribution in [0, 0.1) is 10.1 Å². The van der Waals surface area contributed by atoms with E-state index in [1.165, 1.54) is 0 Å². The van der Waals surface area contributed by atoms with E-state index >= 15 is 0 Å². The number of rotatable bonds is 9. The van der Waals surface area contributed by atoms with Gasteiger partial charge in [0.05, 0.1) is 19.3 Å². The second-order valence-corrected chi connectivity index (χ2v) is 6.57. The van der Waals surface area contributed by atoms with Gasteiger partial charge in [-0.25, -0.2) is 0 Å². The molecule has 0 fully saturated rings. The first-order chi connectivity index (χ1) is 13.6. The van der Waals surface area contributed by atoms with E-state index in [1.54, 1.807) is 25.5 Å². The van der Waals surface area contributed by atoms with Crippen molar-refractivity contribution in [2.24, 2.45) is 0 Å². The van der Waals surface area contributed by atoms with Gasteiger partial charge in [-0.05, 0) is 48.4 Å². The number of ether oxygens (including phenoxy) is 1. The lowest BCUT2D eigenvalue weighted by molar-refractivity contribution is -0.530. The largest absolute Gasteiger partial charge is 0.497 e. The molecule has 3 aromatic rings. The molecule has 0 amide bonds. The second-order valence-electron chi connectivity index (χ2n) is 6.57. The first-order valence-corrected chi connectivity index (χ1v) is 9.26. The van der Waals surface area contributed by atoms with E-state index in [4.69, 9.17) is 9.15 Å². The molecule has 1 aromatic heterocycles. The fourth-order valence-corrected chi connectivity index (χ4v) is 3.51. The van der Waals surface area contributed by atoms with Crippen LogP contribution in [0.1, 0.15) is 36.6 Å². The van der Waals surface area contributed by atoms with Crippen LogP contribution in [-0.2, 0) is 0 Å². The second kappa shape index (κ2) is 9.08. The van der Waals surface area contributed by atoms with Crippen LogP contribution in [0.4, 0.5) is 5.69 Å². The molecule has 0 saturated carbocycles. The Morgan fingerprint density at radius 1 is 1.07 bits per heavy atom. The van der Waals surface area contributed by atoms with Crippen molar-refractivity contribution in [1.82, 2.24) is 0 Å². The maximum Gasteiger partial charge on any atom is 0.246 e. The van der Waals surface area contributed by atoms with Crippen LogP contribution in [0.2, 0.25) is 0 Å². The molecule has 1 N–H and O–H groups in total. The third kappa shape index (κ3) is 4.34. The van der Waals surface area contributed by atoms with Gasteiger partial charge < -0.3 is 14.5 Å². The Bertz CT molecular complexity index is 863. The van der Waals surface area contributed by atoms with E-state index in [-0.39, 0.29) is 10.8 Å². The van der Waals surface area contributed by atoms with Crippen molar-refractivity contribution in [3.63, 3.8) is 0 Å². The summed E-state index contributed by atoms with van der Waals surface area (Å²) in [4.78, 5) is 12.0. The van der Waals surface area contributed by atoms with Crippen molar-refractivity contribution in [3.05, 3.63) is 94.4 Å². The van der Waals surface area contributed by atoms with Crippen molar-refractivity contribution in [3.8, 4) is 5.75 Å². The zero-order chi connectivity index (χ0) is 19.9. The number of hydrogen-bond acceptors (Lipinski definition) is 5. The van der Waals surface area contributed by atoms with E-state index in [0.29, 0.717) is 12.2 Å². The van der Waals surface area contributed by atoms with Crippen molar-refractivity contribution in [1.29, 1.82) is 0 Å². The molecule has 0 saturated heterocycles. The van der Waals surface area contributed by atoms with E-state index in [1.807, 2.05) is 61.5 Å². The highest BCUT2D eigenvalue weighted by Crippen LogP contribution is 2.36. The van der Waals surface area contributed by atoms with Crippen LogP contribution >= 0.6 is 0 Å². The van der Waals surface area contributed by atoms with Crippen LogP contribution in [0.15, 0.2) is 77.4 Å². The van der Waals surface area contributed by atoms with Gasteiger partial charge in [0.25, 0.3) is 0 Å². The number of nitrogens with one attached hydrogen (secondary N) is 1. The molecule has 3 atom stereocenters. The summed E-state index contributed by atoms with van der Waals surface area (Å²) in [5.41, 5.74) is 1.64. The third-order valence-electron chi connectivity index (χ3n) is 4.92. The summed E-state index contributed by atoms with van der Waals surface area (Å²) in [5.74, 6) is 0.997. The van der Waals surface area contributed by atoms with Crippen molar-refractivity contribution in [2.75, 3.05) is 12.4 Å². The highest BCUT2D eigenvalue weighted by Gasteiger charge is 2.41. The number of hydrogen-bond donors (Lipinski definition) is 1. The van der Waals surface area contributed by atoms with Crippen LogP contribution in [0.25, 0.3) is 0 Å². The Morgan fingerprint density at radius 2 is 1.79 bits per heavy atom. The number of methoxy groups -OCH3 is 1. The van der Waals surface area contributed by atoms with Crippen LogP contribution in [0.5, 0.6) is 5.75 Å². The van der Waals surface area contributed by atoms with E-state index in [0.717, 1.165) is 17.0 Å². The quantitative estimate of drug-likeness (QED) is 0.404. The summed E-state index contributed by atoms with van der Waals surface area (Å²) < 4.78 is 10.7. The van der Waals surface area contributed by atoms with Crippen LogP contribution in [-0.4, -0.2) is 18.1 Å². The first kappa shape index (κ1) is 19.5. The third-order valence-corrected chi connectivity index (χ3v) is 4.92. The molecule has 6 nitrogen and oxygen atoms in total. The summed E-state index contributed by atoms with van der Waals surface area (Å²) in [5, 5.41) is 15.6.